The fourth-order valence-corrected chi connectivity index (χ4v) is 3.04. The topological polar surface area (TPSA) is 15.3 Å². The summed E-state index contributed by atoms with van der Waals surface area (Å²) < 4.78 is 25.9. The normalized spacial score (nSPS) is 11.6. The number of likely N-dealkylation sites (N-methyl/N-ethyl adjacent to an activating group) is 2. The largest absolute Gasteiger partial charge is 0.316 e. The summed E-state index contributed by atoms with van der Waals surface area (Å²) in [6.07, 6.45) is 4.33. The van der Waals surface area contributed by atoms with Crippen molar-refractivity contribution in [2.24, 2.45) is 0 Å². The number of hydrogen-bond acceptors (Lipinski definition) is 2. The Bertz CT molecular complexity index is 621. The SMILES string of the molecule is CNC(CCCCc1ccc(F)cc1)CN(C)Cc1ccc(F)cc1.Cl.Cl. The average molecular weight is 419 g/mol. The third kappa shape index (κ3) is 10.1. The Hall–Kier alpha value is -1.20. The molecule has 2 aromatic rings. The van der Waals surface area contributed by atoms with Gasteiger partial charge in [-0.15, -0.1) is 24.8 Å². The standard InChI is InChI=1S/C21H28F2N2.2ClH/c1-24-21(6-4-3-5-17-7-11-19(22)12-8-17)16-25(2)15-18-9-13-20(23)14-10-18;;/h7-14,21,24H,3-6,15-16H2,1-2H3;2*1H. The van der Waals surface area contributed by atoms with Crippen molar-refractivity contribution in [2.45, 2.75) is 38.3 Å². The molecule has 1 N–H and O–H groups in total. The molecule has 0 aliphatic heterocycles. The molecule has 0 heterocycles. The van der Waals surface area contributed by atoms with Crippen LogP contribution in [-0.4, -0.2) is 31.6 Å². The summed E-state index contributed by atoms with van der Waals surface area (Å²) in [5.41, 5.74) is 2.31. The first-order chi connectivity index (χ1) is 12.1. The maximum atomic E-state index is 13.0. The van der Waals surface area contributed by atoms with Gasteiger partial charge >= 0.3 is 0 Å². The molecular weight excluding hydrogens is 389 g/mol. The summed E-state index contributed by atoms with van der Waals surface area (Å²) in [6, 6.07) is 13.9. The zero-order chi connectivity index (χ0) is 18.1. The summed E-state index contributed by atoms with van der Waals surface area (Å²) in [7, 11) is 4.09. The Morgan fingerprint density at radius 3 is 1.89 bits per heavy atom. The number of aryl methyl sites for hydroxylation is 1. The lowest BCUT2D eigenvalue weighted by atomic mass is 10.0. The molecule has 0 amide bonds. The first-order valence-corrected chi connectivity index (χ1v) is 8.91. The van der Waals surface area contributed by atoms with Crippen LogP contribution in [0.5, 0.6) is 0 Å². The van der Waals surface area contributed by atoms with Gasteiger partial charge in [-0.25, -0.2) is 8.78 Å². The van der Waals surface area contributed by atoms with Gasteiger partial charge in [-0.1, -0.05) is 30.7 Å². The summed E-state index contributed by atoms with van der Waals surface area (Å²) in [5, 5.41) is 3.38. The fraction of sp³-hybridized carbons (Fsp3) is 0.429. The maximum absolute atomic E-state index is 13.0. The molecule has 2 rings (SSSR count). The average Bonchev–Trinajstić information content (AvgIpc) is 2.61. The number of nitrogens with zero attached hydrogens (tertiary/aromatic N) is 1. The van der Waals surface area contributed by atoms with E-state index in [0.717, 1.165) is 44.3 Å². The molecule has 0 radical (unpaired) electrons. The van der Waals surface area contributed by atoms with E-state index in [-0.39, 0.29) is 36.4 Å². The number of rotatable bonds is 10. The van der Waals surface area contributed by atoms with Crippen LogP contribution in [0.15, 0.2) is 48.5 Å². The lowest BCUT2D eigenvalue weighted by molar-refractivity contribution is 0.277. The fourth-order valence-electron chi connectivity index (χ4n) is 3.04. The van der Waals surface area contributed by atoms with Gasteiger partial charge in [0.05, 0.1) is 0 Å². The third-order valence-electron chi connectivity index (χ3n) is 4.49. The van der Waals surface area contributed by atoms with E-state index in [1.54, 1.807) is 0 Å². The lowest BCUT2D eigenvalue weighted by Crippen LogP contribution is -2.37. The number of benzene rings is 2. The minimum atomic E-state index is -0.194. The van der Waals surface area contributed by atoms with Gasteiger partial charge in [-0.3, -0.25) is 0 Å². The second-order valence-electron chi connectivity index (χ2n) is 6.68. The molecule has 1 unspecified atom stereocenters. The number of hydrogen-bond donors (Lipinski definition) is 1. The van der Waals surface area contributed by atoms with E-state index in [9.17, 15) is 8.78 Å². The van der Waals surface area contributed by atoms with E-state index in [0.29, 0.717) is 6.04 Å². The number of halogens is 4. The molecular formula is C21H30Cl2F2N2. The molecule has 1 atom stereocenters. The first-order valence-electron chi connectivity index (χ1n) is 8.91. The van der Waals surface area contributed by atoms with Crippen LogP contribution in [0.1, 0.15) is 30.4 Å². The Morgan fingerprint density at radius 2 is 1.37 bits per heavy atom. The summed E-state index contributed by atoms with van der Waals surface area (Å²) in [6.45, 7) is 1.76. The van der Waals surface area contributed by atoms with Gasteiger partial charge < -0.3 is 10.2 Å². The molecule has 152 valence electrons. The van der Waals surface area contributed by atoms with Crippen molar-refractivity contribution in [1.82, 2.24) is 10.2 Å². The van der Waals surface area contributed by atoms with Crippen molar-refractivity contribution in [1.29, 1.82) is 0 Å². The molecule has 0 spiro atoms. The van der Waals surface area contributed by atoms with E-state index < -0.39 is 0 Å². The highest BCUT2D eigenvalue weighted by Crippen LogP contribution is 2.11. The van der Waals surface area contributed by atoms with Crippen LogP contribution < -0.4 is 5.32 Å². The van der Waals surface area contributed by atoms with Gasteiger partial charge in [0.2, 0.25) is 0 Å². The highest BCUT2D eigenvalue weighted by Gasteiger charge is 2.10. The van der Waals surface area contributed by atoms with Gasteiger partial charge in [0, 0.05) is 19.1 Å². The monoisotopic (exact) mass is 418 g/mol. The van der Waals surface area contributed by atoms with E-state index in [2.05, 4.69) is 17.3 Å². The zero-order valence-electron chi connectivity index (χ0n) is 16.0. The predicted octanol–water partition coefficient (Wildman–Crippen LogP) is 5.24. The molecule has 0 aromatic heterocycles. The van der Waals surface area contributed by atoms with Crippen LogP contribution in [-0.2, 0) is 13.0 Å². The predicted molar refractivity (Wildman–Crippen MR) is 114 cm³/mol. The van der Waals surface area contributed by atoms with Crippen molar-refractivity contribution in [3.8, 4) is 0 Å². The smallest absolute Gasteiger partial charge is 0.123 e. The highest BCUT2D eigenvalue weighted by atomic mass is 35.5. The van der Waals surface area contributed by atoms with Crippen LogP contribution in [0.3, 0.4) is 0 Å². The van der Waals surface area contributed by atoms with Gasteiger partial charge in [0.25, 0.3) is 0 Å². The quantitative estimate of drug-likeness (QED) is 0.530. The maximum Gasteiger partial charge on any atom is 0.123 e. The number of unbranched alkanes of at least 4 members (excludes halogenated alkanes) is 1. The third-order valence-corrected chi connectivity index (χ3v) is 4.49. The second kappa shape index (κ2) is 13.9. The van der Waals surface area contributed by atoms with Crippen molar-refractivity contribution in [3.05, 3.63) is 71.3 Å². The van der Waals surface area contributed by atoms with Crippen LogP contribution in [0, 0.1) is 11.6 Å². The second-order valence-corrected chi connectivity index (χ2v) is 6.68. The van der Waals surface area contributed by atoms with Gasteiger partial charge in [-0.2, -0.15) is 0 Å². The van der Waals surface area contributed by atoms with Crippen LogP contribution >= 0.6 is 24.8 Å². The zero-order valence-corrected chi connectivity index (χ0v) is 17.6. The summed E-state index contributed by atoms with van der Waals surface area (Å²) in [5.74, 6) is -0.371. The van der Waals surface area contributed by atoms with E-state index in [1.165, 1.54) is 29.8 Å². The van der Waals surface area contributed by atoms with Crippen molar-refractivity contribution < 1.29 is 8.78 Å². The molecule has 0 aliphatic rings. The Labute approximate surface area is 174 Å². The lowest BCUT2D eigenvalue weighted by Gasteiger charge is -2.24. The van der Waals surface area contributed by atoms with Gasteiger partial charge in [-0.05, 0) is 68.8 Å². The summed E-state index contributed by atoms with van der Waals surface area (Å²) in [4.78, 5) is 2.26. The summed E-state index contributed by atoms with van der Waals surface area (Å²) >= 11 is 0. The van der Waals surface area contributed by atoms with Crippen molar-refractivity contribution in [2.75, 3.05) is 20.6 Å². The first kappa shape index (κ1) is 25.8. The van der Waals surface area contributed by atoms with Crippen LogP contribution in [0.4, 0.5) is 8.78 Å². The number of nitrogens with one attached hydrogen (secondary N) is 1. The molecule has 0 aliphatic carbocycles. The van der Waals surface area contributed by atoms with E-state index in [1.807, 2.05) is 31.3 Å². The molecule has 6 heteroatoms. The van der Waals surface area contributed by atoms with Gasteiger partial charge in [0.1, 0.15) is 11.6 Å². The Balaban J connectivity index is 0.00000338. The molecule has 27 heavy (non-hydrogen) atoms. The highest BCUT2D eigenvalue weighted by molar-refractivity contribution is 5.85. The molecule has 2 nitrogen and oxygen atoms in total. The van der Waals surface area contributed by atoms with Crippen molar-refractivity contribution >= 4 is 24.8 Å². The van der Waals surface area contributed by atoms with Crippen LogP contribution in [0.2, 0.25) is 0 Å². The Morgan fingerprint density at radius 1 is 0.852 bits per heavy atom. The van der Waals surface area contributed by atoms with Crippen LogP contribution in [0.25, 0.3) is 0 Å². The van der Waals surface area contributed by atoms with Gasteiger partial charge in [0.15, 0.2) is 0 Å². The molecule has 0 fully saturated rings. The minimum absolute atomic E-state index is 0. The molecule has 2 aromatic carbocycles. The Kier molecular flexibility index (Phi) is 13.3. The molecule has 0 saturated heterocycles. The van der Waals surface area contributed by atoms with E-state index >= 15 is 0 Å². The van der Waals surface area contributed by atoms with E-state index in [4.69, 9.17) is 0 Å². The molecule has 0 bridgehead atoms. The van der Waals surface area contributed by atoms with Crippen molar-refractivity contribution in [3.63, 3.8) is 0 Å². The minimum Gasteiger partial charge on any atom is -0.316 e. The molecule has 0 saturated carbocycles.